The molecule has 19 heavy (non-hydrogen) atoms. The van der Waals surface area contributed by atoms with E-state index in [9.17, 15) is 8.78 Å². The first-order valence-corrected chi connectivity index (χ1v) is 7.57. The molecule has 0 bridgehead atoms. The van der Waals surface area contributed by atoms with Crippen molar-refractivity contribution in [1.29, 1.82) is 0 Å². The molecule has 2 nitrogen and oxygen atoms in total. The Bertz CT molecular complexity index is 477. The lowest BCUT2D eigenvalue weighted by atomic mass is 10.1. The monoisotopic (exact) mass is 330 g/mol. The van der Waals surface area contributed by atoms with Gasteiger partial charge in [0.25, 0.3) is 0 Å². The molecule has 104 valence electrons. The van der Waals surface area contributed by atoms with E-state index in [2.05, 4.69) is 21.2 Å². The summed E-state index contributed by atoms with van der Waals surface area (Å²) >= 11 is 3.02. The molecule has 2 fully saturated rings. The fourth-order valence-electron chi connectivity index (χ4n) is 2.74. The Balaban J connectivity index is 1.84. The van der Waals surface area contributed by atoms with Gasteiger partial charge in [-0.15, -0.1) is 0 Å². The number of nitrogens with one attached hydrogen (secondary N) is 1. The topological polar surface area (TPSA) is 15.3 Å². The van der Waals surface area contributed by atoms with Crippen LogP contribution in [0.1, 0.15) is 19.3 Å². The number of benzene rings is 1. The largest absolute Gasteiger partial charge is 0.367 e. The Hall–Kier alpha value is -0.680. The van der Waals surface area contributed by atoms with Gasteiger partial charge in [-0.05, 0) is 53.7 Å². The van der Waals surface area contributed by atoms with Gasteiger partial charge in [-0.1, -0.05) is 0 Å². The lowest BCUT2D eigenvalue weighted by molar-refractivity contribution is 0.487. The van der Waals surface area contributed by atoms with Crippen LogP contribution in [-0.2, 0) is 0 Å². The van der Waals surface area contributed by atoms with E-state index in [0.29, 0.717) is 17.6 Å². The second kappa shape index (κ2) is 5.37. The second-order valence-electron chi connectivity index (χ2n) is 5.42. The quantitative estimate of drug-likeness (QED) is 0.837. The number of halogens is 3. The predicted molar refractivity (Wildman–Crippen MR) is 75.4 cm³/mol. The first-order chi connectivity index (χ1) is 9.15. The summed E-state index contributed by atoms with van der Waals surface area (Å²) in [5.41, 5.74) is 0.384. The van der Waals surface area contributed by atoms with Crippen LogP contribution in [0, 0.1) is 17.6 Å². The fourth-order valence-corrected chi connectivity index (χ4v) is 3.05. The van der Waals surface area contributed by atoms with E-state index in [0.717, 1.165) is 26.1 Å². The van der Waals surface area contributed by atoms with Gasteiger partial charge < -0.3 is 10.2 Å². The summed E-state index contributed by atoms with van der Waals surface area (Å²) in [6.45, 7) is 2.50. The molecular formula is C14H17BrF2N2. The van der Waals surface area contributed by atoms with Crippen molar-refractivity contribution in [1.82, 2.24) is 5.32 Å². The van der Waals surface area contributed by atoms with Gasteiger partial charge in [-0.2, -0.15) is 0 Å². The van der Waals surface area contributed by atoms with Crippen LogP contribution in [0.2, 0.25) is 0 Å². The molecular weight excluding hydrogens is 314 g/mol. The summed E-state index contributed by atoms with van der Waals surface area (Å²) in [5.74, 6) is -0.0507. The van der Waals surface area contributed by atoms with Crippen LogP contribution < -0.4 is 10.2 Å². The first-order valence-electron chi connectivity index (χ1n) is 6.78. The van der Waals surface area contributed by atoms with Crippen LogP contribution in [0.4, 0.5) is 14.5 Å². The summed E-state index contributed by atoms with van der Waals surface area (Å²) in [5, 5.41) is 3.52. The van der Waals surface area contributed by atoms with Crippen LogP contribution in [0.25, 0.3) is 0 Å². The molecule has 2 aliphatic rings. The maximum absolute atomic E-state index is 14.0. The normalized spacial score (nSPS) is 24.4. The molecule has 1 aliphatic heterocycles. The minimum Gasteiger partial charge on any atom is -0.367 e. The molecule has 1 N–H and O–H groups in total. The molecule has 1 aromatic carbocycles. The zero-order chi connectivity index (χ0) is 13.4. The maximum atomic E-state index is 14.0. The van der Waals surface area contributed by atoms with E-state index in [1.807, 2.05) is 4.90 Å². The molecule has 1 aromatic rings. The standard InChI is InChI=1S/C14H17BrF2N2/c15-10-6-12(17)14(7-11(10)16)19-5-1-4-18-13(8-19)9-2-3-9/h6-7,9,13,18H,1-5,8H2. The highest BCUT2D eigenvalue weighted by Crippen LogP contribution is 2.35. The van der Waals surface area contributed by atoms with Crippen molar-refractivity contribution in [2.45, 2.75) is 25.3 Å². The molecule has 1 aliphatic carbocycles. The fraction of sp³-hybridized carbons (Fsp3) is 0.571. The molecule has 1 saturated heterocycles. The Morgan fingerprint density at radius 3 is 2.74 bits per heavy atom. The predicted octanol–water partition coefficient (Wildman–Crippen LogP) is 3.31. The average molecular weight is 331 g/mol. The second-order valence-corrected chi connectivity index (χ2v) is 6.27. The van der Waals surface area contributed by atoms with Gasteiger partial charge in [0.15, 0.2) is 0 Å². The number of anilines is 1. The molecule has 1 heterocycles. The Labute approximate surface area is 120 Å². The van der Waals surface area contributed by atoms with E-state index in [4.69, 9.17) is 0 Å². The molecule has 3 rings (SSSR count). The maximum Gasteiger partial charge on any atom is 0.147 e. The summed E-state index contributed by atoms with van der Waals surface area (Å²) in [4.78, 5) is 1.98. The molecule has 1 saturated carbocycles. The Morgan fingerprint density at radius 2 is 2.00 bits per heavy atom. The lowest BCUT2D eigenvalue weighted by Crippen LogP contribution is -2.39. The highest BCUT2D eigenvalue weighted by atomic mass is 79.9. The van der Waals surface area contributed by atoms with E-state index < -0.39 is 5.82 Å². The average Bonchev–Trinajstić information content (AvgIpc) is 3.18. The van der Waals surface area contributed by atoms with Crippen LogP contribution in [0.3, 0.4) is 0 Å². The molecule has 5 heteroatoms. The van der Waals surface area contributed by atoms with Gasteiger partial charge in [0.2, 0.25) is 0 Å². The van der Waals surface area contributed by atoms with Crippen LogP contribution in [-0.4, -0.2) is 25.7 Å². The summed E-state index contributed by atoms with van der Waals surface area (Å²) in [6.07, 6.45) is 3.46. The number of hydrogen-bond donors (Lipinski definition) is 1. The van der Waals surface area contributed by atoms with Crippen LogP contribution >= 0.6 is 15.9 Å². The van der Waals surface area contributed by atoms with Gasteiger partial charge >= 0.3 is 0 Å². The third-order valence-electron chi connectivity index (χ3n) is 3.95. The van der Waals surface area contributed by atoms with Gasteiger partial charge in [0.05, 0.1) is 10.2 Å². The van der Waals surface area contributed by atoms with Gasteiger partial charge in [-0.3, -0.25) is 0 Å². The van der Waals surface area contributed by atoms with Crippen molar-refractivity contribution in [2.75, 3.05) is 24.5 Å². The molecule has 1 unspecified atom stereocenters. The smallest absolute Gasteiger partial charge is 0.147 e. The van der Waals surface area contributed by atoms with Gasteiger partial charge in [0, 0.05) is 25.2 Å². The molecule has 0 spiro atoms. The van der Waals surface area contributed by atoms with Crippen molar-refractivity contribution in [3.05, 3.63) is 28.2 Å². The van der Waals surface area contributed by atoms with Crippen molar-refractivity contribution < 1.29 is 8.78 Å². The molecule has 0 radical (unpaired) electrons. The summed E-state index contributed by atoms with van der Waals surface area (Å²) < 4.78 is 27.8. The lowest BCUT2D eigenvalue weighted by Gasteiger charge is -2.27. The first kappa shape index (κ1) is 13.3. The van der Waals surface area contributed by atoms with Gasteiger partial charge in [-0.25, -0.2) is 8.78 Å². The van der Waals surface area contributed by atoms with Crippen molar-refractivity contribution >= 4 is 21.6 Å². The van der Waals surface area contributed by atoms with Crippen molar-refractivity contribution in [2.24, 2.45) is 5.92 Å². The van der Waals surface area contributed by atoms with Crippen molar-refractivity contribution in [3.63, 3.8) is 0 Å². The summed E-state index contributed by atoms with van der Waals surface area (Å²) in [7, 11) is 0. The van der Waals surface area contributed by atoms with Crippen molar-refractivity contribution in [3.8, 4) is 0 Å². The Kier molecular flexibility index (Phi) is 3.76. The molecule has 0 aromatic heterocycles. The minimum atomic E-state index is -0.406. The van der Waals surface area contributed by atoms with E-state index in [1.54, 1.807) is 0 Å². The van der Waals surface area contributed by atoms with E-state index in [1.165, 1.54) is 25.0 Å². The van der Waals surface area contributed by atoms with E-state index in [-0.39, 0.29) is 10.3 Å². The SMILES string of the molecule is Fc1cc(N2CCCNC(C3CC3)C2)c(F)cc1Br. The van der Waals surface area contributed by atoms with E-state index >= 15 is 0 Å². The zero-order valence-electron chi connectivity index (χ0n) is 10.6. The van der Waals surface area contributed by atoms with Crippen LogP contribution in [0.15, 0.2) is 16.6 Å². The zero-order valence-corrected chi connectivity index (χ0v) is 12.2. The summed E-state index contributed by atoms with van der Waals surface area (Å²) in [6, 6.07) is 2.93. The highest BCUT2D eigenvalue weighted by Gasteiger charge is 2.33. The minimum absolute atomic E-state index is 0.181. The third kappa shape index (κ3) is 2.92. The highest BCUT2D eigenvalue weighted by molar-refractivity contribution is 9.10. The molecule has 0 amide bonds. The van der Waals surface area contributed by atoms with Crippen LogP contribution in [0.5, 0.6) is 0 Å². The third-order valence-corrected chi connectivity index (χ3v) is 4.56. The molecule has 1 atom stereocenters. The number of hydrogen-bond acceptors (Lipinski definition) is 2. The van der Waals surface area contributed by atoms with Gasteiger partial charge in [0.1, 0.15) is 11.6 Å². The number of rotatable bonds is 2. The number of nitrogens with zero attached hydrogens (tertiary/aromatic N) is 1. The Morgan fingerprint density at radius 1 is 1.21 bits per heavy atom.